The van der Waals surface area contributed by atoms with Gasteiger partial charge in [-0.1, -0.05) is 0 Å². The molecule has 7 nitrogen and oxygen atoms in total. The highest BCUT2D eigenvalue weighted by Gasteiger charge is 2.56. The van der Waals surface area contributed by atoms with E-state index in [0.29, 0.717) is 43.2 Å². The number of carbonyl (C=O) groups excluding carboxylic acids is 2. The van der Waals surface area contributed by atoms with Gasteiger partial charge >= 0.3 is 6.09 Å². The van der Waals surface area contributed by atoms with Crippen LogP contribution >= 0.6 is 0 Å². The molecule has 2 fully saturated rings. The zero-order valence-corrected chi connectivity index (χ0v) is 15.4. The van der Waals surface area contributed by atoms with Crippen LogP contribution in [0, 0.1) is 17.8 Å². The van der Waals surface area contributed by atoms with Gasteiger partial charge in [0.2, 0.25) is 5.91 Å². The third-order valence-corrected chi connectivity index (χ3v) is 4.77. The molecular formula is C19H26N4O3. The number of nitrogen functional groups attached to an aromatic ring is 1. The minimum atomic E-state index is -0.469. The molecule has 2 heterocycles. The van der Waals surface area contributed by atoms with Crippen LogP contribution in [0.3, 0.4) is 0 Å². The predicted octanol–water partition coefficient (Wildman–Crippen LogP) is 1.91. The van der Waals surface area contributed by atoms with Crippen molar-refractivity contribution in [2.75, 3.05) is 25.4 Å². The Bertz CT molecular complexity index is 696. The number of piperidine rings is 1. The molecule has 2 unspecified atom stereocenters. The molecule has 3 rings (SSSR count). The van der Waals surface area contributed by atoms with Gasteiger partial charge in [0.25, 0.3) is 0 Å². The Morgan fingerprint density at radius 2 is 2.04 bits per heavy atom. The lowest BCUT2D eigenvalue weighted by molar-refractivity contribution is -0.116. The van der Waals surface area contributed by atoms with Crippen molar-refractivity contribution in [1.29, 1.82) is 0 Å². The molecule has 1 aliphatic carbocycles. The smallest absolute Gasteiger partial charge is 0.410 e. The molecule has 2 aliphatic rings. The van der Waals surface area contributed by atoms with Crippen LogP contribution in [-0.4, -0.2) is 47.1 Å². The van der Waals surface area contributed by atoms with Crippen LogP contribution in [0.1, 0.15) is 26.3 Å². The Kier molecular flexibility index (Phi) is 4.89. The SMILES string of the molecule is CC(C)(C)OC(=O)N1CC2C(CNC(=O)/C=C/c3ccc(N)nc3)C2C1. The van der Waals surface area contributed by atoms with Gasteiger partial charge in [0.05, 0.1) is 0 Å². The number of hydrogen-bond donors (Lipinski definition) is 2. The van der Waals surface area contributed by atoms with E-state index in [0.717, 1.165) is 5.56 Å². The summed E-state index contributed by atoms with van der Waals surface area (Å²) < 4.78 is 5.40. The van der Waals surface area contributed by atoms with Crippen molar-refractivity contribution in [2.24, 2.45) is 17.8 Å². The van der Waals surface area contributed by atoms with Gasteiger partial charge in [0.15, 0.2) is 0 Å². The van der Waals surface area contributed by atoms with Crippen LogP contribution < -0.4 is 11.1 Å². The number of pyridine rings is 1. The van der Waals surface area contributed by atoms with E-state index in [1.165, 1.54) is 6.08 Å². The number of aromatic nitrogens is 1. The lowest BCUT2D eigenvalue weighted by atomic mass is 10.2. The van der Waals surface area contributed by atoms with Crippen LogP contribution in [0.15, 0.2) is 24.4 Å². The molecule has 1 aromatic rings. The highest BCUT2D eigenvalue weighted by molar-refractivity contribution is 5.91. The van der Waals surface area contributed by atoms with E-state index < -0.39 is 5.60 Å². The summed E-state index contributed by atoms with van der Waals surface area (Å²) in [6, 6.07) is 3.50. The molecule has 140 valence electrons. The van der Waals surface area contributed by atoms with E-state index in [9.17, 15) is 9.59 Å². The number of amides is 2. The maximum Gasteiger partial charge on any atom is 0.410 e. The molecule has 2 atom stereocenters. The number of likely N-dealkylation sites (tertiary alicyclic amines) is 1. The molecule has 1 saturated carbocycles. The van der Waals surface area contributed by atoms with Crippen molar-refractivity contribution >= 4 is 23.9 Å². The van der Waals surface area contributed by atoms with Gasteiger partial charge in [0, 0.05) is 31.9 Å². The summed E-state index contributed by atoms with van der Waals surface area (Å²) in [5, 5.41) is 2.93. The van der Waals surface area contributed by atoms with Gasteiger partial charge in [-0.15, -0.1) is 0 Å². The highest BCUT2D eigenvalue weighted by Crippen LogP contribution is 2.51. The van der Waals surface area contributed by atoms with Crippen molar-refractivity contribution in [3.8, 4) is 0 Å². The number of ether oxygens (including phenoxy) is 1. The van der Waals surface area contributed by atoms with Crippen molar-refractivity contribution in [3.63, 3.8) is 0 Å². The van der Waals surface area contributed by atoms with Crippen LogP contribution in [0.4, 0.5) is 10.6 Å². The Morgan fingerprint density at radius 3 is 2.62 bits per heavy atom. The average molecular weight is 358 g/mol. The Balaban J connectivity index is 1.38. The Labute approximate surface area is 153 Å². The second kappa shape index (κ2) is 6.97. The molecule has 1 saturated heterocycles. The van der Waals surface area contributed by atoms with Crippen molar-refractivity contribution < 1.29 is 14.3 Å². The van der Waals surface area contributed by atoms with Crippen molar-refractivity contribution in [1.82, 2.24) is 15.2 Å². The number of rotatable bonds is 4. The molecular weight excluding hydrogens is 332 g/mol. The maximum absolute atomic E-state index is 12.1. The zero-order chi connectivity index (χ0) is 18.9. The summed E-state index contributed by atoms with van der Waals surface area (Å²) in [5.41, 5.74) is 5.88. The lowest BCUT2D eigenvalue weighted by Crippen LogP contribution is -2.38. The van der Waals surface area contributed by atoms with Gasteiger partial charge < -0.3 is 20.7 Å². The van der Waals surface area contributed by atoms with Crippen LogP contribution in [-0.2, 0) is 9.53 Å². The molecule has 3 N–H and O–H groups in total. The first-order chi connectivity index (χ1) is 12.2. The number of nitrogens with one attached hydrogen (secondary N) is 1. The summed E-state index contributed by atoms with van der Waals surface area (Å²) in [7, 11) is 0. The number of nitrogens with two attached hydrogens (primary N) is 1. The monoisotopic (exact) mass is 358 g/mol. The standard InChI is InChI=1S/C19H26N4O3/c1-19(2,3)26-18(25)23-10-14-13(15(14)11-23)9-22-17(24)7-5-12-4-6-16(20)21-8-12/h4-8,13-15H,9-11H2,1-3H3,(H2,20,21)(H,22,24)/b7-5+. The number of hydrogen-bond acceptors (Lipinski definition) is 5. The van der Waals surface area contributed by atoms with Crippen molar-refractivity contribution in [3.05, 3.63) is 30.0 Å². The third-order valence-electron chi connectivity index (χ3n) is 4.77. The fourth-order valence-corrected chi connectivity index (χ4v) is 3.39. The zero-order valence-electron chi connectivity index (χ0n) is 15.4. The molecule has 26 heavy (non-hydrogen) atoms. The molecule has 1 aromatic heterocycles. The first-order valence-corrected chi connectivity index (χ1v) is 8.88. The third kappa shape index (κ3) is 4.53. The van der Waals surface area contributed by atoms with Crippen LogP contribution in [0.25, 0.3) is 6.08 Å². The predicted molar refractivity (Wildman–Crippen MR) is 99.0 cm³/mol. The molecule has 0 spiro atoms. The minimum Gasteiger partial charge on any atom is -0.444 e. The number of anilines is 1. The van der Waals surface area contributed by atoms with E-state index in [-0.39, 0.29) is 12.0 Å². The van der Waals surface area contributed by atoms with E-state index in [4.69, 9.17) is 10.5 Å². The van der Waals surface area contributed by atoms with E-state index in [1.54, 1.807) is 23.2 Å². The quantitative estimate of drug-likeness (QED) is 0.801. The highest BCUT2D eigenvalue weighted by atomic mass is 16.6. The minimum absolute atomic E-state index is 0.129. The molecule has 0 radical (unpaired) electrons. The van der Waals surface area contributed by atoms with Crippen LogP contribution in [0.5, 0.6) is 0 Å². The fraction of sp³-hybridized carbons (Fsp3) is 0.526. The molecule has 2 amide bonds. The number of fused-ring (bicyclic) bond motifs is 1. The van der Waals surface area contributed by atoms with Gasteiger partial charge in [-0.3, -0.25) is 4.79 Å². The summed E-state index contributed by atoms with van der Waals surface area (Å²) in [4.78, 5) is 29.7. The molecule has 1 aliphatic heterocycles. The van der Waals surface area contributed by atoms with Crippen LogP contribution in [0.2, 0.25) is 0 Å². The van der Waals surface area contributed by atoms with E-state index in [1.807, 2.05) is 26.8 Å². The number of nitrogens with zero attached hydrogens (tertiary/aromatic N) is 2. The molecule has 0 bridgehead atoms. The lowest BCUT2D eigenvalue weighted by Gasteiger charge is -2.25. The topological polar surface area (TPSA) is 97.5 Å². The van der Waals surface area contributed by atoms with E-state index >= 15 is 0 Å². The van der Waals surface area contributed by atoms with Crippen molar-refractivity contribution in [2.45, 2.75) is 26.4 Å². The van der Waals surface area contributed by atoms with Gasteiger partial charge in [-0.05, 0) is 62.3 Å². The number of carbonyl (C=O) groups is 2. The average Bonchev–Trinajstić information content (AvgIpc) is 2.99. The normalized spacial score (nSPS) is 24.4. The van der Waals surface area contributed by atoms with Gasteiger partial charge in [-0.25, -0.2) is 9.78 Å². The largest absolute Gasteiger partial charge is 0.444 e. The Hall–Kier alpha value is -2.57. The van der Waals surface area contributed by atoms with Gasteiger partial charge in [-0.2, -0.15) is 0 Å². The van der Waals surface area contributed by atoms with Gasteiger partial charge in [0.1, 0.15) is 11.4 Å². The Morgan fingerprint density at radius 1 is 1.35 bits per heavy atom. The maximum atomic E-state index is 12.1. The molecule has 0 aromatic carbocycles. The summed E-state index contributed by atoms with van der Waals surface area (Å²) in [5.74, 6) is 1.70. The first kappa shape index (κ1) is 18.2. The summed E-state index contributed by atoms with van der Waals surface area (Å²) in [6.45, 7) is 7.68. The molecule has 7 heteroatoms. The second-order valence-electron chi connectivity index (χ2n) is 7.97. The van der Waals surface area contributed by atoms with E-state index in [2.05, 4.69) is 10.3 Å². The second-order valence-corrected chi connectivity index (χ2v) is 7.97. The fourth-order valence-electron chi connectivity index (χ4n) is 3.39. The first-order valence-electron chi connectivity index (χ1n) is 8.88. The summed E-state index contributed by atoms with van der Waals surface area (Å²) in [6.07, 6.45) is 4.58. The summed E-state index contributed by atoms with van der Waals surface area (Å²) >= 11 is 0.